The smallest absolute Gasteiger partial charge is 0.300 e. The van der Waals surface area contributed by atoms with Gasteiger partial charge in [0.15, 0.2) is 0 Å². The molecule has 198 valence electrons. The van der Waals surface area contributed by atoms with E-state index in [0.29, 0.717) is 18.7 Å². The van der Waals surface area contributed by atoms with E-state index in [1.165, 1.54) is 5.56 Å². The van der Waals surface area contributed by atoms with Gasteiger partial charge in [0.1, 0.15) is 0 Å². The highest BCUT2D eigenvalue weighted by Gasteiger charge is 2.14. The number of rotatable bonds is 10. The lowest BCUT2D eigenvalue weighted by molar-refractivity contribution is -0.134. The van der Waals surface area contributed by atoms with Crippen molar-refractivity contribution in [3.63, 3.8) is 0 Å². The zero-order chi connectivity index (χ0) is 27.0. The molecule has 0 saturated carbocycles. The highest BCUT2D eigenvalue weighted by atomic mass is 32.2. The van der Waals surface area contributed by atoms with E-state index in [0.717, 1.165) is 59.6 Å². The third kappa shape index (κ3) is 8.26. The number of hydrogen-bond donors (Lipinski definition) is 3. The number of nitrogens with zero attached hydrogens (tertiary/aromatic N) is 3. The van der Waals surface area contributed by atoms with E-state index >= 15 is 0 Å². The monoisotopic (exact) mass is 525 g/mol. The van der Waals surface area contributed by atoms with Gasteiger partial charge in [0, 0.05) is 42.3 Å². The van der Waals surface area contributed by atoms with Gasteiger partial charge in [-0.1, -0.05) is 25.5 Å². The number of nitrogens with one attached hydrogen (secondary N) is 2. The van der Waals surface area contributed by atoms with E-state index < -0.39 is 16.0 Å². The number of aryl methyl sites for hydroxylation is 1. The molecule has 2 aromatic heterocycles. The molecule has 3 N–H and O–H groups in total. The number of H-pyrrole nitrogens is 1. The molecule has 0 bridgehead atoms. The minimum atomic E-state index is -3.33. The number of carbonyl (C=O) groups is 1. The number of fused-ring (bicyclic) bond motifs is 2. The molecular weight excluding hydrogens is 490 g/mol. The summed E-state index contributed by atoms with van der Waals surface area (Å²) in [5.41, 5.74) is 6.69. The summed E-state index contributed by atoms with van der Waals surface area (Å²) < 4.78 is 27.4. The van der Waals surface area contributed by atoms with Gasteiger partial charge in [0.2, 0.25) is 10.0 Å². The number of aromatic amines is 1. The van der Waals surface area contributed by atoms with E-state index in [2.05, 4.69) is 33.6 Å². The number of carboxylic acid groups (broad SMARTS) is 1. The van der Waals surface area contributed by atoms with Gasteiger partial charge in [0.05, 0.1) is 28.7 Å². The van der Waals surface area contributed by atoms with Crippen molar-refractivity contribution in [2.24, 2.45) is 0 Å². The normalized spacial score (nSPS) is 11.5. The molecule has 0 aliphatic carbocycles. The summed E-state index contributed by atoms with van der Waals surface area (Å²) in [6.45, 7) is 6.69. The number of carboxylic acids is 1. The molecule has 10 heteroatoms. The second kappa shape index (κ2) is 12.6. The second-order valence-corrected chi connectivity index (χ2v) is 11.0. The molecule has 0 aliphatic heterocycles. The summed E-state index contributed by atoms with van der Waals surface area (Å²) in [4.78, 5) is 23.9. The first-order valence-corrected chi connectivity index (χ1v) is 13.9. The first kappa shape index (κ1) is 28.1. The fraction of sp³-hybridized carbons (Fsp3) is 0.370. The summed E-state index contributed by atoms with van der Waals surface area (Å²) in [5, 5.41) is 8.47. The van der Waals surface area contributed by atoms with E-state index in [9.17, 15) is 8.42 Å². The van der Waals surface area contributed by atoms with Gasteiger partial charge in [-0.15, -0.1) is 0 Å². The Balaban J connectivity index is 0.000000886. The fourth-order valence-corrected chi connectivity index (χ4v) is 5.32. The van der Waals surface area contributed by atoms with E-state index in [4.69, 9.17) is 14.9 Å². The topological polar surface area (TPSA) is 128 Å². The Morgan fingerprint density at radius 3 is 2.57 bits per heavy atom. The van der Waals surface area contributed by atoms with Crippen LogP contribution in [-0.4, -0.2) is 58.7 Å². The molecule has 2 heterocycles. The first-order valence-electron chi connectivity index (χ1n) is 12.3. The molecule has 0 amide bonds. The molecule has 0 unspecified atom stereocenters. The van der Waals surface area contributed by atoms with E-state index in [-0.39, 0.29) is 5.75 Å². The Kier molecular flexibility index (Phi) is 9.60. The molecule has 9 nitrogen and oxygen atoms in total. The van der Waals surface area contributed by atoms with E-state index in [1.54, 1.807) is 0 Å². The van der Waals surface area contributed by atoms with Gasteiger partial charge in [0.25, 0.3) is 5.97 Å². The van der Waals surface area contributed by atoms with Gasteiger partial charge in [-0.2, -0.15) is 0 Å². The van der Waals surface area contributed by atoms with Crippen molar-refractivity contribution in [3.8, 4) is 0 Å². The number of benzene rings is 2. The minimum absolute atomic E-state index is 0.142. The molecule has 0 spiro atoms. The average molecular weight is 526 g/mol. The lowest BCUT2D eigenvalue weighted by atomic mass is 10.1. The number of likely N-dealkylation sites (N-methyl/N-ethyl adjacent to an activating group) is 1. The van der Waals surface area contributed by atoms with Crippen LogP contribution in [0.3, 0.4) is 0 Å². The maximum atomic E-state index is 12.3. The Hall–Kier alpha value is -3.50. The van der Waals surface area contributed by atoms with Gasteiger partial charge < -0.3 is 15.0 Å². The Labute approximate surface area is 218 Å². The third-order valence-electron chi connectivity index (χ3n) is 5.83. The maximum absolute atomic E-state index is 12.3. The predicted molar refractivity (Wildman–Crippen MR) is 148 cm³/mol. The van der Waals surface area contributed by atoms with Crippen LogP contribution >= 0.6 is 0 Å². The van der Waals surface area contributed by atoms with Crippen molar-refractivity contribution in [1.82, 2.24) is 19.9 Å². The molecular formula is C27H35N5O4S. The Morgan fingerprint density at radius 1 is 1.16 bits per heavy atom. The summed E-state index contributed by atoms with van der Waals surface area (Å²) in [6, 6.07) is 13.6. The predicted octanol–water partition coefficient (Wildman–Crippen LogP) is 4.73. The van der Waals surface area contributed by atoms with Crippen LogP contribution in [0.25, 0.3) is 21.9 Å². The summed E-state index contributed by atoms with van der Waals surface area (Å²) in [5.74, 6) is -0.691. The van der Waals surface area contributed by atoms with Crippen molar-refractivity contribution in [3.05, 3.63) is 65.6 Å². The molecule has 0 fully saturated rings. The number of aromatic nitrogens is 3. The quantitative estimate of drug-likeness (QED) is 0.273. The first-order chi connectivity index (χ1) is 17.6. The molecule has 2 aromatic carbocycles. The fourth-order valence-electron chi connectivity index (χ4n) is 4.06. The SMILES string of the molecule is CC(=O)O.CCCCS(=O)(=O)Nc1ccc2[nH]c(C)c(CCN(C)Cc3cnc4ccccc4n3)c2c1. The maximum Gasteiger partial charge on any atom is 0.300 e. The van der Waals surface area contributed by atoms with Crippen LogP contribution in [0.4, 0.5) is 5.69 Å². The van der Waals surface area contributed by atoms with Crippen LogP contribution in [0, 0.1) is 6.92 Å². The van der Waals surface area contributed by atoms with Crippen LogP contribution in [0.15, 0.2) is 48.7 Å². The highest BCUT2D eigenvalue weighted by Crippen LogP contribution is 2.26. The lowest BCUT2D eigenvalue weighted by Gasteiger charge is -2.16. The zero-order valence-corrected chi connectivity index (χ0v) is 22.6. The Bertz CT molecular complexity index is 1460. The second-order valence-electron chi connectivity index (χ2n) is 9.12. The van der Waals surface area contributed by atoms with Crippen molar-refractivity contribution in [2.45, 2.75) is 46.6 Å². The van der Waals surface area contributed by atoms with Crippen molar-refractivity contribution < 1.29 is 18.3 Å². The minimum Gasteiger partial charge on any atom is -0.481 e. The molecule has 4 aromatic rings. The van der Waals surface area contributed by atoms with Gasteiger partial charge in [-0.05, 0) is 62.7 Å². The number of hydrogen-bond acceptors (Lipinski definition) is 6. The lowest BCUT2D eigenvalue weighted by Crippen LogP contribution is -2.21. The number of sulfonamides is 1. The van der Waals surface area contributed by atoms with Crippen LogP contribution in [0.2, 0.25) is 0 Å². The summed E-state index contributed by atoms with van der Waals surface area (Å²) >= 11 is 0. The molecule has 0 aliphatic rings. The zero-order valence-electron chi connectivity index (χ0n) is 21.8. The van der Waals surface area contributed by atoms with Crippen LogP contribution in [0.5, 0.6) is 0 Å². The van der Waals surface area contributed by atoms with Crippen LogP contribution < -0.4 is 4.72 Å². The van der Waals surface area contributed by atoms with E-state index in [1.807, 2.05) is 55.6 Å². The molecule has 0 atom stereocenters. The van der Waals surface area contributed by atoms with Gasteiger partial charge in [-0.3, -0.25) is 14.5 Å². The number of para-hydroxylation sites is 2. The Morgan fingerprint density at radius 2 is 1.86 bits per heavy atom. The highest BCUT2D eigenvalue weighted by molar-refractivity contribution is 7.92. The number of anilines is 1. The largest absolute Gasteiger partial charge is 0.481 e. The molecule has 4 rings (SSSR count). The van der Waals surface area contributed by atoms with Crippen molar-refractivity contribution >= 4 is 43.6 Å². The van der Waals surface area contributed by atoms with Crippen LogP contribution in [-0.2, 0) is 27.8 Å². The average Bonchev–Trinajstić information content (AvgIpc) is 3.15. The van der Waals surface area contributed by atoms with Gasteiger partial charge in [-0.25, -0.2) is 13.4 Å². The van der Waals surface area contributed by atoms with Crippen LogP contribution in [0.1, 0.15) is 43.6 Å². The summed E-state index contributed by atoms with van der Waals surface area (Å²) in [7, 11) is -1.25. The standard InChI is InChI=1S/C25H31N5O2S.C2H4O2/c1-4-5-14-33(31,32)29-19-10-11-23-22(15-19)21(18(2)27-23)12-13-30(3)17-20-16-26-24-8-6-7-9-25(24)28-20;1-2(3)4/h6-11,15-16,27,29H,4-5,12-14,17H2,1-3H3;1H3,(H,3,4). The van der Waals surface area contributed by atoms with Crippen molar-refractivity contribution in [2.75, 3.05) is 24.1 Å². The third-order valence-corrected chi connectivity index (χ3v) is 7.21. The van der Waals surface area contributed by atoms with Crippen molar-refractivity contribution in [1.29, 1.82) is 0 Å². The molecule has 0 saturated heterocycles. The number of unbranched alkanes of at least 4 members (excludes halogenated alkanes) is 1. The van der Waals surface area contributed by atoms with Gasteiger partial charge >= 0.3 is 0 Å². The summed E-state index contributed by atoms with van der Waals surface area (Å²) in [6.07, 6.45) is 4.18. The number of aliphatic carboxylic acids is 1. The molecule has 37 heavy (non-hydrogen) atoms. The molecule has 0 radical (unpaired) electrons.